The summed E-state index contributed by atoms with van der Waals surface area (Å²) in [7, 11) is 1.37. The lowest BCUT2D eigenvalue weighted by Gasteiger charge is -2.09. The molecule has 82 valence electrons. The summed E-state index contributed by atoms with van der Waals surface area (Å²) in [5.41, 5.74) is 6.97. The maximum atomic E-state index is 11.2. The predicted octanol–water partition coefficient (Wildman–Crippen LogP) is 1.89. The Bertz CT molecular complexity index is 523. The van der Waals surface area contributed by atoms with Crippen LogP contribution in [0.5, 0.6) is 0 Å². The van der Waals surface area contributed by atoms with Gasteiger partial charge in [-0.25, -0.2) is 8.42 Å². The number of halogens is 1. The lowest BCUT2D eigenvalue weighted by Crippen LogP contribution is -2.06. The molecule has 0 aromatic heterocycles. The second kappa shape index (κ2) is 3.83. The standard InChI is InChI=1S/C9H11ClN2O2S/c1-5-3-7(6(2)11)9(12)8(4-5)15(10,13)14/h3-4,11H,12H2,1-2H3. The van der Waals surface area contributed by atoms with E-state index in [2.05, 4.69) is 0 Å². The maximum Gasteiger partial charge on any atom is 0.263 e. The third-order valence-corrected chi connectivity index (χ3v) is 3.31. The summed E-state index contributed by atoms with van der Waals surface area (Å²) >= 11 is 0. The lowest BCUT2D eigenvalue weighted by molar-refractivity contribution is 0.610. The highest BCUT2D eigenvalue weighted by Crippen LogP contribution is 2.27. The average molecular weight is 247 g/mol. The zero-order valence-electron chi connectivity index (χ0n) is 8.33. The van der Waals surface area contributed by atoms with Gasteiger partial charge in [0.1, 0.15) is 4.90 Å². The van der Waals surface area contributed by atoms with Gasteiger partial charge < -0.3 is 11.1 Å². The fourth-order valence-corrected chi connectivity index (χ4v) is 2.36. The molecule has 0 fully saturated rings. The van der Waals surface area contributed by atoms with Crippen LogP contribution in [0.1, 0.15) is 18.1 Å². The van der Waals surface area contributed by atoms with E-state index >= 15 is 0 Å². The van der Waals surface area contributed by atoms with Gasteiger partial charge in [-0.1, -0.05) is 0 Å². The number of anilines is 1. The van der Waals surface area contributed by atoms with Crippen LogP contribution in [0.15, 0.2) is 17.0 Å². The summed E-state index contributed by atoms with van der Waals surface area (Å²) in [5, 5.41) is 7.46. The van der Waals surface area contributed by atoms with Crippen molar-refractivity contribution in [2.75, 3.05) is 5.73 Å². The Labute approximate surface area is 93.0 Å². The Morgan fingerprint density at radius 2 is 2.00 bits per heavy atom. The highest BCUT2D eigenvalue weighted by Gasteiger charge is 2.18. The summed E-state index contributed by atoms with van der Waals surface area (Å²) in [6.07, 6.45) is 0. The zero-order chi connectivity index (χ0) is 11.8. The monoisotopic (exact) mass is 246 g/mol. The van der Waals surface area contributed by atoms with Gasteiger partial charge in [-0.3, -0.25) is 0 Å². The molecule has 1 rings (SSSR count). The van der Waals surface area contributed by atoms with Gasteiger partial charge in [0, 0.05) is 22.0 Å². The summed E-state index contributed by atoms with van der Waals surface area (Å²) in [4.78, 5) is -0.134. The Hall–Kier alpha value is -1.07. The number of hydrogen-bond acceptors (Lipinski definition) is 4. The summed E-state index contributed by atoms with van der Waals surface area (Å²) in [5.74, 6) is 0. The van der Waals surface area contributed by atoms with Crippen LogP contribution in [0.25, 0.3) is 0 Å². The first kappa shape index (κ1) is 12.0. The molecule has 0 unspecified atom stereocenters. The number of aryl methyl sites for hydroxylation is 1. The van der Waals surface area contributed by atoms with Crippen LogP contribution in [-0.2, 0) is 9.05 Å². The zero-order valence-corrected chi connectivity index (χ0v) is 9.91. The van der Waals surface area contributed by atoms with E-state index in [4.69, 9.17) is 21.8 Å². The van der Waals surface area contributed by atoms with Crippen LogP contribution in [0, 0.1) is 12.3 Å². The van der Waals surface area contributed by atoms with E-state index in [1.807, 2.05) is 0 Å². The van der Waals surface area contributed by atoms with Crippen molar-refractivity contribution in [1.29, 1.82) is 5.41 Å². The van der Waals surface area contributed by atoms with Gasteiger partial charge in [0.2, 0.25) is 0 Å². The first-order valence-corrected chi connectivity index (χ1v) is 6.44. The molecule has 1 aromatic rings. The fraction of sp³-hybridized carbons (Fsp3) is 0.222. The van der Waals surface area contributed by atoms with Crippen molar-refractivity contribution in [1.82, 2.24) is 0 Å². The molecule has 0 heterocycles. The van der Waals surface area contributed by atoms with Crippen LogP contribution in [0.3, 0.4) is 0 Å². The van der Waals surface area contributed by atoms with Crippen LogP contribution in [0.4, 0.5) is 5.69 Å². The highest BCUT2D eigenvalue weighted by molar-refractivity contribution is 8.13. The number of rotatable bonds is 2. The molecular formula is C9H11ClN2O2S. The quantitative estimate of drug-likeness (QED) is 0.475. The topological polar surface area (TPSA) is 84.0 Å². The number of nitrogens with two attached hydrogens (primary N) is 1. The second-order valence-electron chi connectivity index (χ2n) is 3.29. The minimum absolute atomic E-state index is 0.0306. The Kier molecular flexibility index (Phi) is 3.06. The van der Waals surface area contributed by atoms with Gasteiger partial charge in [-0.15, -0.1) is 0 Å². The minimum atomic E-state index is -3.86. The molecular weight excluding hydrogens is 236 g/mol. The Morgan fingerprint density at radius 3 is 2.40 bits per heavy atom. The van der Waals surface area contributed by atoms with Crippen molar-refractivity contribution < 1.29 is 8.42 Å². The third kappa shape index (κ3) is 2.49. The van der Waals surface area contributed by atoms with E-state index in [1.54, 1.807) is 13.0 Å². The molecule has 0 saturated heterocycles. The summed E-state index contributed by atoms with van der Waals surface area (Å²) in [6, 6.07) is 3.05. The molecule has 0 amide bonds. The molecule has 3 N–H and O–H groups in total. The van der Waals surface area contributed by atoms with Crippen LogP contribution >= 0.6 is 10.7 Å². The molecule has 0 spiro atoms. The van der Waals surface area contributed by atoms with Gasteiger partial charge >= 0.3 is 0 Å². The summed E-state index contributed by atoms with van der Waals surface area (Å²) < 4.78 is 22.4. The van der Waals surface area contributed by atoms with Gasteiger partial charge in [-0.05, 0) is 31.5 Å². The fourth-order valence-electron chi connectivity index (χ4n) is 1.28. The average Bonchev–Trinajstić information content (AvgIpc) is 2.06. The smallest absolute Gasteiger partial charge is 0.263 e. The molecule has 0 aliphatic rings. The van der Waals surface area contributed by atoms with Crippen molar-refractivity contribution in [3.63, 3.8) is 0 Å². The largest absolute Gasteiger partial charge is 0.397 e. The molecule has 4 nitrogen and oxygen atoms in total. The van der Waals surface area contributed by atoms with Gasteiger partial charge in [0.05, 0.1) is 5.69 Å². The first-order valence-electron chi connectivity index (χ1n) is 4.14. The molecule has 0 aliphatic heterocycles. The Balaban J connectivity index is 3.63. The molecule has 6 heteroatoms. The van der Waals surface area contributed by atoms with E-state index in [1.165, 1.54) is 13.0 Å². The Morgan fingerprint density at radius 1 is 1.47 bits per heavy atom. The van der Waals surface area contributed by atoms with E-state index in [-0.39, 0.29) is 16.3 Å². The molecule has 0 atom stereocenters. The van der Waals surface area contributed by atoms with Crippen molar-refractivity contribution in [2.24, 2.45) is 0 Å². The molecule has 0 bridgehead atoms. The molecule has 0 saturated carbocycles. The minimum Gasteiger partial charge on any atom is -0.397 e. The SMILES string of the molecule is CC(=N)c1cc(C)cc(S(=O)(=O)Cl)c1N. The van der Waals surface area contributed by atoms with Gasteiger partial charge in [-0.2, -0.15) is 0 Å². The van der Waals surface area contributed by atoms with Gasteiger partial charge in [0.15, 0.2) is 0 Å². The molecule has 0 aliphatic carbocycles. The van der Waals surface area contributed by atoms with Crippen molar-refractivity contribution >= 4 is 31.1 Å². The third-order valence-electron chi connectivity index (χ3n) is 1.95. The maximum absolute atomic E-state index is 11.2. The van der Waals surface area contributed by atoms with Gasteiger partial charge in [0.25, 0.3) is 9.05 Å². The van der Waals surface area contributed by atoms with E-state index in [0.29, 0.717) is 11.1 Å². The van der Waals surface area contributed by atoms with Crippen LogP contribution < -0.4 is 5.73 Å². The molecule has 0 radical (unpaired) electrons. The van der Waals surface area contributed by atoms with Crippen LogP contribution in [-0.4, -0.2) is 14.1 Å². The number of nitrogens with one attached hydrogen (secondary N) is 1. The van der Waals surface area contributed by atoms with Crippen molar-refractivity contribution in [2.45, 2.75) is 18.7 Å². The van der Waals surface area contributed by atoms with Crippen molar-refractivity contribution in [3.8, 4) is 0 Å². The molecule has 15 heavy (non-hydrogen) atoms. The normalized spacial score (nSPS) is 11.4. The van der Waals surface area contributed by atoms with E-state index in [9.17, 15) is 8.42 Å². The number of benzene rings is 1. The van der Waals surface area contributed by atoms with E-state index in [0.717, 1.165) is 0 Å². The van der Waals surface area contributed by atoms with E-state index < -0.39 is 9.05 Å². The second-order valence-corrected chi connectivity index (χ2v) is 5.82. The lowest BCUT2D eigenvalue weighted by atomic mass is 10.1. The number of hydrogen-bond donors (Lipinski definition) is 2. The highest BCUT2D eigenvalue weighted by atomic mass is 35.7. The van der Waals surface area contributed by atoms with Crippen LogP contribution in [0.2, 0.25) is 0 Å². The van der Waals surface area contributed by atoms with Crippen molar-refractivity contribution in [3.05, 3.63) is 23.3 Å². The number of nitrogen functional groups attached to an aromatic ring is 1. The first-order chi connectivity index (χ1) is 6.73. The predicted molar refractivity (Wildman–Crippen MR) is 61.1 cm³/mol. The summed E-state index contributed by atoms with van der Waals surface area (Å²) in [6.45, 7) is 3.26. The molecule has 1 aromatic carbocycles.